The van der Waals surface area contributed by atoms with Gasteiger partial charge in [0.25, 0.3) is 0 Å². The van der Waals surface area contributed by atoms with E-state index in [9.17, 15) is 0 Å². The Morgan fingerprint density at radius 2 is 1.75 bits per heavy atom. The summed E-state index contributed by atoms with van der Waals surface area (Å²) in [7, 11) is 1.65. The summed E-state index contributed by atoms with van der Waals surface area (Å²) in [5, 5.41) is 8.83. The summed E-state index contributed by atoms with van der Waals surface area (Å²) >= 11 is 5.64. The Bertz CT molecular complexity index is 615. The lowest BCUT2D eigenvalue weighted by Gasteiger charge is -1.93. The molecule has 0 bridgehead atoms. The number of nitrogens with zero attached hydrogens (tertiary/aromatic N) is 3. The zero-order valence-electron chi connectivity index (χ0n) is 12.0. The van der Waals surface area contributed by atoms with Crippen molar-refractivity contribution >= 4 is 11.6 Å². The molecule has 4 nitrogen and oxygen atoms in total. The van der Waals surface area contributed by atoms with Crippen LogP contribution in [0, 0.1) is 32.1 Å². The molecule has 0 radical (unpaired) electrons. The van der Waals surface area contributed by atoms with Crippen molar-refractivity contribution in [2.75, 3.05) is 7.11 Å². The number of halogens is 1. The van der Waals surface area contributed by atoms with Crippen LogP contribution in [0.25, 0.3) is 0 Å². The maximum atomic E-state index is 8.41. The standard InChI is InChI=1S/C8H12NO.C7H5ClN2/c1-7-4-8(2)6-9(5-7)10-3;1-5-2-6(8)7(3-9)10-4-5/h4-6H,1-3H3;2,4H,1H3/q+1;. The molecule has 0 N–H and O–H groups in total. The second-order valence-electron chi connectivity index (χ2n) is 4.39. The molecule has 2 heterocycles. The van der Waals surface area contributed by atoms with Crippen LogP contribution in [0.15, 0.2) is 30.7 Å². The van der Waals surface area contributed by atoms with Gasteiger partial charge < -0.3 is 0 Å². The Morgan fingerprint density at radius 3 is 2.20 bits per heavy atom. The van der Waals surface area contributed by atoms with Crippen molar-refractivity contribution in [1.82, 2.24) is 4.98 Å². The van der Waals surface area contributed by atoms with Crippen LogP contribution in [-0.4, -0.2) is 12.1 Å². The van der Waals surface area contributed by atoms with Crippen molar-refractivity contribution in [3.05, 3.63) is 58.1 Å². The van der Waals surface area contributed by atoms with Gasteiger partial charge in [-0.3, -0.25) is 4.84 Å². The number of hydrogen-bond donors (Lipinski definition) is 0. The molecule has 2 aromatic heterocycles. The fourth-order valence-electron chi connectivity index (χ4n) is 1.59. The van der Waals surface area contributed by atoms with E-state index < -0.39 is 0 Å². The molecule has 20 heavy (non-hydrogen) atoms. The van der Waals surface area contributed by atoms with Crippen molar-refractivity contribution in [2.24, 2.45) is 0 Å². The van der Waals surface area contributed by atoms with Gasteiger partial charge in [0.15, 0.2) is 5.69 Å². The smallest absolute Gasteiger partial charge is 0.225 e. The van der Waals surface area contributed by atoms with E-state index in [2.05, 4.69) is 11.1 Å². The number of nitriles is 1. The van der Waals surface area contributed by atoms with Crippen LogP contribution in [0.2, 0.25) is 5.02 Å². The van der Waals surface area contributed by atoms with Gasteiger partial charge in [-0.25, -0.2) is 4.98 Å². The van der Waals surface area contributed by atoms with Crippen molar-refractivity contribution in [3.8, 4) is 6.07 Å². The number of rotatable bonds is 1. The average molecular weight is 291 g/mol. The zero-order valence-corrected chi connectivity index (χ0v) is 12.8. The fourth-order valence-corrected chi connectivity index (χ4v) is 1.86. The van der Waals surface area contributed by atoms with Crippen molar-refractivity contribution in [1.29, 1.82) is 5.26 Å². The normalized spacial score (nSPS) is 9.20. The zero-order chi connectivity index (χ0) is 15.1. The first-order chi connectivity index (χ1) is 9.46. The number of hydrogen-bond acceptors (Lipinski definition) is 3. The van der Waals surface area contributed by atoms with Crippen LogP contribution in [0.3, 0.4) is 0 Å². The van der Waals surface area contributed by atoms with E-state index >= 15 is 0 Å². The number of aromatic nitrogens is 2. The molecular formula is C15H17ClN3O+. The molecule has 0 fully saturated rings. The monoisotopic (exact) mass is 290 g/mol. The molecule has 0 aliphatic heterocycles. The highest BCUT2D eigenvalue weighted by atomic mass is 35.5. The minimum Gasteiger partial charge on any atom is -0.275 e. The van der Waals surface area contributed by atoms with Crippen molar-refractivity contribution in [3.63, 3.8) is 0 Å². The molecule has 0 atom stereocenters. The van der Waals surface area contributed by atoms with Crippen LogP contribution in [-0.2, 0) is 0 Å². The van der Waals surface area contributed by atoms with Gasteiger partial charge >= 0.3 is 0 Å². The summed E-state index contributed by atoms with van der Waals surface area (Å²) in [6, 6.07) is 5.70. The van der Waals surface area contributed by atoms with Crippen molar-refractivity contribution < 1.29 is 9.57 Å². The Labute approximate surface area is 124 Å². The summed E-state index contributed by atoms with van der Waals surface area (Å²) in [5.41, 5.74) is 3.67. The van der Waals surface area contributed by atoms with E-state index in [1.165, 1.54) is 11.1 Å². The maximum absolute atomic E-state index is 8.41. The van der Waals surface area contributed by atoms with Gasteiger partial charge in [-0.05, 0) is 38.5 Å². The van der Waals surface area contributed by atoms with Crippen LogP contribution in [0.5, 0.6) is 0 Å². The predicted molar refractivity (Wildman–Crippen MR) is 77.3 cm³/mol. The molecule has 2 aromatic rings. The first-order valence-corrected chi connectivity index (χ1v) is 6.40. The van der Waals surface area contributed by atoms with Gasteiger partial charge in [-0.15, -0.1) is 0 Å². The summed E-state index contributed by atoms with van der Waals surface area (Å²) in [4.78, 5) is 8.80. The highest BCUT2D eigenvalue weighted by molar-refractivity contribution is 6.31. The number of aryl methyl sites for hydroxylation is 3. The quantitative estimate of drug-likeness (QED) is 0.759. The van der Waals surface area contributed by atoms with Crippen molar-refractivity contribution in [2.45, 2.75) is 20.8 Å². The van der Waals surface area contributed by atoms with E-state index in [-0.39, 0.29) is 5.69 Å². The largest absolute Gasteiger partial charge is 0.275 e. The molecule has 0 unspecified atom stereocenters. The molecule has 5 heteroatoms. The summed E-state index contributed by atoms with van der Waals surface area (Å²) < 4.78 is 1.70. The van der Waals surface area contributed by atoms with Gasteiger partial charge in [0.1, 0.15) is 13.2 Å². The SMILES string of the molecule is CO[n+]1cc(C)cc(C)c1.Cc1cnc(C#N)c(Cl)c1. The van der Waals surface area contributed by atoms with Crippen LogP contribution < -0.4 is 9.57 Å². The van der Waals surface area contributed by atoms with E-state index in [0.29, 0.717) is 5.02 Å². The Hall–Kier alpha value is -2.12. The number of pyridine rings is 2. The van der Waals surface area contributed by atoms with Crippen LogP contribution >= 0.6 is 11.6 Å². The Morgan fingerprint density at radius 1 is 1.15 bits per heavy atom. The molecule has 0 saturated heterocycles. The molecule has 0 aliphatic rings. The third-order valence-electron chi connectivity index (χ3n) is 2.41. The molecule has 0 aliphatic carbocycles. The summed E-state index contributed by atoms with van der Waals surface area (Å²) in [6.45, 7) is 5.96. The van der Waals surface area contributed by atoms with E-state index in [1.807, 2.05) is 39.2 Å². The molecular weight excluding hydrogens is 274 g/mol. The van der Waals surface area contributed by atoms with Crippen LogP contribution in [0.1, 0.15) is 22.4 Å². The van der Waals surface area contributed by atoms with Crippen LogP contribution in [0.4, 0.5) is 0 Å². The highest BCUT2D eigenvalue weighted by Crippen LogP contribution is 2.12. The van der Waals surface area contributed by atoms with E-state index in [0.717, 1.165) is 5.56 Å². The average Bonchev–Trinajstić information content (AvgIpc) is 2.38. The van der Waals surface area contributed by atoms with Gasteiger partial charge in [0, 0.05) is 22.1 Å². The molecule has 0 saturated carbocycles. The minimum atomic E-state index is 0.285. The van der Waals surface area contributed by atoms with Gasteiger partial charge in [0.05, 0.1) is 5.02 Å². The van der Waals surface area contributed by atoms with Gasteiger partial charge in [0.2, 0.25) is 12.4 Å². The topological polar surface area (TPSA) is 49.8 Å². The molecule has 0 amide bonds. The highest BCUT2D eigenvalue weighted by Gasteiger charge is 2.00. The maximum Gasteiger partial charge on any atom is 0.225 e. The third kappa shape index (κ3) is 4.87. The van der Waals surface area contributed by atoms with E-state index in [4.69, 9.17) is 21.7 Å². The lowest BCUT2D eigenvalue weighted by Crippen LogP contribution is -2.40. The van der Waals surface area contributed by atoms with Gasteiger partial charge in [-0.1, -0.05) is 11.6 Å². The predicted octanol–water partition coefficient (Wildman–Crippen LogP) is 2.56. The first-order valence-electron chi connectivity index (χ1n) is 6.02. The lowest BCUT2D eigenvalue weighted by atomic mass is 10.2. The fraction of sp³-hybridized carbons (Fsp3) is 0.267. The molecule has 0 aromatic carbocycles. The summed E-state index contributed by atoms with van der Waals surface area (Å²) in [5.74, 6) is 0. The lowest BCUT2D eigenvalue weighted by molar-refractivity contribution is -0.886. The Kier molecular flexibility index (Phi) is 5.95. The molecule has 0 spiro atoms. The Balaban J connectivity index is 0.000000200. The molecule has 2 rings (SSSR count). The van der Waals surface area contributed by atoms with Gasteiger partial charge in [-0.2, -0.15) is 5.26 Å². The second kappa shape index (κ2) is 7.46. The second-order valence-corrected chi connectivity index (χ2v) is 4.80. The molecule has 104 valence electrons. The first kappa shape index (κ1) is 15.9. The van der Waals surface area contributed by atoms with E-state index in [1.54, 1.807) is 24.1 Å². The third-order valence-corrected chi connectivity index (χ3v) is 2.70. The minimum absolute atomic E-state index is 0.285. The summed E-state index contributed by atoms with van der Waals surface area (Å²) in [6.07, 6.45) is 5.49.